The average Bonchev–Trinajstić information content (AvgIpc) is 3.37. The molecule has 0 radical (unpaired) electrons. The molecule has 0 aliphatic heterocycles. The number of nitrogens with zero attached hydrogens (tertiary/aromatic N) is 3. The zero-order chi connectivity index (χ0) is 19.3. The third kappa shape index (κ3) is 4.08. The smallest absolute Gasteiger partial charge is 0.234 e. The van der Waals surface area contributed by atoms with Crippen molar-refractivity contribution < 1.29 is 4.79 Å². The standard InChI is InChI=1S/C20H17N5OS2/c21-25-19(17-7-4-12-27-17)23-24-20(25)28-13-18(26)22-16-10-8-15(9-11-16)14-5-2-1-3-6-14/h1-12H,13,21H2,(H,22,26). The van der Waals surface area contributed by atoms with Gasteiger partial charge in [0.1, 0.15) is 0 Å². The number of nitrogens with two attached hydrogens (primary N) is 1. The van der Waals surface area contributed by atoms with Crippen LogP contribution in [0, 0.1) is 0 Å². The molecule has 4 rings (SSSR count). The maximum absolute atomic E-state index is 12.3. The lowest BCUT2D eigenvalue weighted by Crippen LogP contribution is -2.16. The van der Waals surface area contributed by atoms with E-state index in [1.807, 2.05) is 60.0 Å². The maximum Gasteiger partial charge on any atom is 0.234 e. The van der Waals surface area contributed by atoms with Gasteiger partial charge in [-0.1, -0.05) is 60.3 Å². The summed E-state index contributed by atoms with van der Waals surface area (Å²) in [5, 5.41) is 13.5. The van der Waals surface area contributed by atoms with E-state index in [-0.39, 0.29) is 11.7 Å². The molecular weight excluding hydrogens is 390 g/mol. The number of benzene rings is 2. The van der Waals surface area contributed by atoms with Crippen molar-refractivity contribution in [1.29, 1.82) is 0 Å². The van der Waals surface area contributed by atoms with Crippen LogP contribution < -0.4 is 11.2 Å². The van der Waals surface area contributed by atoms with E-state index in [1.54, 1.807) is 0 Å². The summed E-state index contributed by atoms with van der Waals surface area (Å²) in [5.41, 5.74) is 2.99. The van der Waals surface area contributed by atoms with Gasteiger partial charge in [0.2, 0.25) is 11.1 Å². The van der Waals surface area contributed by atoms with Crippen LogP contribution >= 0.6 is 23.1 Å². The zero-order valence-electron chi connectivity index (χ0n) is 14.8. The minimum absolute atomic E-state index is 0.127. The number of thiophene rings is 1. The molecule has 0 atom stereocenters. The summed E-state index contributed by atoms with van der Waals surface area (Å²) < 4.78 is 1.42. The Morgan fingerprint density at radius 1 is 1.00 bits per heavy atom. The van der Waals surface area contributed by atoms with E-state index in [2.05, 4.69) is 27.6 Å². The summed E-state index contributed by atoms with van der Waals surface area (Å²) in [6.07, 6.45) is 0. The van der Waals surface area contributed by atoms with Gasteiger partial charge in [0.05, 0.1) is 10.6 Å². The fourth-order valence-corrected chi connectivity index (χ4v) is 4.02. The van der Waals surface area contributed by atoms with Crippen molar-refractivity contribution in [2.75, 3.05) is 16.9 Å². The summed E-state index contributed by atoms with van der Waals surface area (Å²) in [6, 6.07) is 21.7. The van der Waals surface area contributed by atoms with Crippen LogP contribution in [0.25, 0.3) is 21.8 Å². The minimum Gasteiger partial charge on any atom is -0.335 e. The quantitative estimate of drug-likeness (QED) is 0.371. The number of aromatic nitrogens is 3. The lowest BCUT2D eigenvalue weighted by Gasteiger charge is -2.07. The highest BCUT2D eigenvalue weighted by molar-refractivity contribution is 7.99. The molecule has 0 spiro atoms. The SMILES string of the molecule is Nn1c(SCC(=O)Nc2ccc(-c3ccccc3)cc2)nnc1-c1cccs1. The van der Waals surface area contributed by atoms with Crippen molar-refractivity contribution in [2.45, 2.75) is 5.16 Å². The fraction of sp³-hybridized carbons (Fsp3) is 0.0500. The number of nitrogen functional groups attached to an aromatic ring is 1. The number of carbonyl (C=O) groups is 1. The van der Waals surface area contributed by atoms with Crippen molar-refractivity contribution in [3.63, 3.8) is 0 Å². The Labute approximate surface area is 170 Å². The van der Waals surface area contributed by atoms with E-state index in [9.17, 15) is 4.79 Å². The highest BCUT2D eigenvalue weighted by Gasteiger charge is 2.14. The zero-order valence-corrected chi connectivity index (χ0v) is 16.4. The number of nitrogens with one attached hydrogen (secondary N) is 1. The number of amides is 1. The van der Waals surface area contributed by atoms with Crippen molar-refractivity contribution in [3.8, 4) is 21.8 Å². The number of carbonyl (C=O) groups excluding carboxylic acids is 1. The first kappa shape index (κ1) is 18.3. The lowest BCUT2D eigenvalue weighted by molar-refractivity contribution is -0.113. The monoisotopic (exact) mass is 407 g/mol. The predicted molar refractivity (Wildman–Crippen MR) is 115 cm³/mol. The van der Waals surface area contributed by atoms with Gasteiger partial charge in [-0.2, -0.15) is 0 Å². The summed E-state index contributed by atoms with van der Waals surface area (Å²) in [4.78, 5) is 13.2. The van der Waals surface area contributed by atoms with Crippen molar-refractivity contribution >= 4 is 34.7 Å². The van der Waals surface area contributed by atoms with E-state index in [0.717, 1.165) is 21.7 Å². The van der Waals surface area contributed by atoms with Crippen LogP contribution in [-0.2, 0) is 4.79 Å². The van der Waals surface area contributed by atoms with Gasteiger partial charge < -0.3 is 11.2 Å². The van der Waals surface area contributed by atoms with E-state index < -0.39 is 0 Å². The van der Waals surface area contributed by atoms with Gasteiger partial charge in [-0.3, -0.25) is 4.79 Å². The van der Waals surface area contributed by atoms with Crippen LogP contribution in [0.4, 0.5) is 5.69 Å². The van der Waals surface area contributed by atoms with Gasteiger partial charge in [0.25, 0.3) is 0 Å². The molecule has 1 amide bonds. The molecule has 0 aliphatic carbocycles. The normalized spacial score (nSPS) is 10.7. The molecule has 140 valence electrons. The first-order chi connectivity index (χ1) is 13.7. The summed E-state index contributed by atoms with van der Waals surface area (Å²) in [6.45, 7) is 0. The van der Waals surface area contributed by atoms with Crippen molar-refractivity contribution in [3.05, 3.63) is 72.1 Å². The van der Waals surface area contributed by atoms with E-state index in [1.165, 1.54) is 27.8 Å². The molecule has 2 aromatic carbocycles. The molecular formula is C20H17N5OS2. The molecule has 4 aromatic rings. The van der Waals surface area contributed by atoms with Crippen molar-refractivity contribution in [1.82, 2.24) is 14.9 Å². The topological polar surface area (TPSA) is 85.8 Å². The predicted octanol–water partition coefficient (Wildman–Crippen LogP) is 4.12. The van der Waals surface area contributed by atoms with Crippen LogP contribution in [0.2, 0.25) is 0 Å². The highest BCUT2D eigenvalue weighted by atomic mass is 32.2. The second-order valence-corrected chi connectivity index (χ2v) is 7.82. The van der Waals surface area contributed by atoms with Gasteiger partial charge in [-0.05, 0) is 34.7 Å². The third-order valence-electron chi connectivity index (χ3n) is 4.01. The van der Waals surface area contributed by atoms with Gasteiger partial charge in [0, 0.05) is 5.69 Å². The minimum atomic E-state index is -0.127. The molecule has 8 heteroatoms. The highest BCUT2D eigenvalue weighted by Crippen LogP contribution is 2.25. The Hall–Kier alpha value is -3.10. The first-order valence-electron chi connectivity index (χ1n) is 8.53. The van der Waals surface area contributed by atoms with E-state index in [0.29, 0.717) is 11.0 Å². The van der Waals surface area contributed by atoms with Crippen LogP contribution in [0.5, 0.6) is 0 Å². The van der Waals surface area contributed by atoms with Crippen LogP contribution in [0.15, 0.2) is 77.3 Å². The number of hydrogen-bond acceptors (Lipinski definition) is 6. The number of anilines is 1. The van der Waals surface area contributed by atoms with Gasteiger partial charge in [0.15, 0.2) is 5.82 Å². The van der Waals surface area contributed by atoms with Crippen molar-refractivity contribution in [2.24, 2.45) is 0 Å². The second-order valence-electron chi connectivity index (χ2n) is 5.93. The van der Waals surface area contributed by atoms with Crippen LogP contribution in [0.1, 0.15) is 0 Å². The first-order valence-corrected chi connectivity index (χ1v) is 10.4. The Morgan fingerprint density at radius 2 is 1.75 bits per heavy atom. The molecule has 0 aliphatic rings. The molecule has 0 fully saturated rings. The van der Waals surface area contributed by atoms with E-state index >= 15 is 0 Å². The molecule has 3 N–H and O–H groups in total. The Balaban J connectivity index is 1.35. The molecule has 0 unspecified atom stereocenters. The average molecular weight is 408 g/mol. The van der Waals surface area contributed by atoms with Gasteiger partial charge in [-0.25, -0.2) is 4.68 Å². The Kier molecular flexibility index (Phi) is 5.41. The number of rotatable bonds is 6. The molecule has 0 saturated carbocycles. The van der Waals surface area contributed by atoms with Gasteiger partial charge in [-0.15, -0.1) is 21.5 Å². The maximum atomic E-state index is 12.3. The second kappa shape index (κ2) is 8.28. The summed E-state index contributed by atoms with van der Waals surface area (Å²) in [5.74, 6) is 6.71. The molecule has 0 bridgehead atoms. The lowest BCUT2D eigenvalue weighted by atomic mass is 10.1. The molecule has 28 heavy (non-hydrogen) atoms. The molecule has 0 saturated heterocycles. The molecule has 2 aromatic heterocycles. The molecule has 2 heterocycles. The fourth-order valence-electron chi connectivity index (χ4n) is 2.65. The van der Waals surface area contributed by atoms with E-state index in [4.69, 9.17) is 5.84 Å². The van der Waals surface area contributed by atoms with Gasteiger partial charge >= 0.3 is 0 Å². The largest absolute Gasteiger partial charge is 0.335 e. The van der Waals surface area contributed by atoms with Crippen LogP contribution in [0.3, 0.4) is 0 Å². The third-order valence-corrected chi connectivity index (χ3v) is 5.82. The Bertz CT molecular complexity index is 1060. The van der Waals surface area contributed by atoms with Crippen LogP contribution in [-0.4, -0.2) is 26.5 Å². The molecule has 6 nitrogen and oxygen atoms in total. The summed E-state index contributed by atoms with van der Waals surface area (Å²) >= 11 is 2.79. The summed E-state index contributed by atoms with van der Waals surface area (Å²) in [7, 11) is 0. The Morgan fingerprint density at radius 3 is 2.46 bits per heavy atom. The number of thioether (sulfide) groups is 1. The number of hydrogen-bond donors (Lipinski definition) is 2.